The van der Waals surface area contributed by atoms with Gasteiger partial charge in [0.05, 0.1) is 5.41 Å². The van der Waals surface area contributed by atoms with E-state index in [4.69, 9.17) is 0 Å². The molecule has 0 aliphatic heterocycles. The molecule has 6 unspecified atom stereocenters. The zero-order valence-electron chi connectivity index (χ0n) is 19.0. The molecule has 0 saturated heterocycles. The van der Waals surface area contributed by atoms with Gasteiger partial charge in [-0.25, -0.2) is 0 Å². The molecule has 4 aliphatic carbocycles. The number of fused-ring (bicyclic) bond motifs is 1. The lowest BCUT2D eigenvalue weighted by Gasteiger charge is -2.65. The molecular formula is C24H36O4. The molecule has 0 spiro atoms. The third-order valence-electron chi connectivity index (χ3n) is 7.63. The molecule has 2 bridgehead atoms. The summed E-state index contributed by atoms with van der Waals surface area (Å²) < 4.78 is 0. The van der Waals surface area contributed by atoms with Gasteiger partial charge >= 0.3 is 0 Å². The summed E-state index contributed by atoms with van der Waals surface area (Å²) >= 11 is 0. The highest BCUT2D eigenvalue weighted by molar-refractivity contribution is 6.06. The zero-order chi connectivity index (χ0) is 21.8. The molecule has 0 aromatic heterocycles. The molecule has 4 aliphatic rings. The van der Waals surface area contributed by atoms with Gasteiger partial charge in [-0.05, 0) is 44.1 Å². The molecule has 0 heterocycles. The molecule has 4 nitrogen and oxygen atoms in total. The standard InChI is InChI=1S/C24H36O4/c1-12-15(21(5,6)7)17-16(24(10,28)18(12)25)13-11-14(20(2,3)4)22(17,8)19(26)23(13,9)27/h11,13,16-17,27-28H,1-10H3. The molecule has 1 fully saturated rings. The molecule has 2 N–H and O–H groups in total. The third kappa shape index (κ3) is 2.37. The maximum absolute atomic E-state index is 13.7. The van der Waals surface area contributed by atoms with Crippen LogP contribution in [0, 0.1) is 34.0 Å². The summed E-state index contributed by atoms with van der Waals surface area (Å²) in [6.07, 6.45) is 1.99. The normalized spacial score (nSPS) is 44.0. The van der Waals surface area contributed by atoms with Gasteiger partial charge in [0.2, 0.25) is 0 Å². The van der Waals surface area contributed by atoms with E-state index in [1.165, 1.54) is 0 Å². The largest absolute Gasteiger partial charge is 0.382 e. The number of allylic oxidation sites excluding steroid dienone is 2. The van der Waals surface area contributed by atoms with Gasteiger partial charge < -0.3 is 10.2 Å². The van der Waals surface area contributed by atoms with Crippen LogP contribution in [-0.4, -0.2) is 33.0 Å². The van der Waals surface area contributed by atoms with Gasteiger partial charge in [0, 0.05) is 17.8 Å². The van der Waals surface area contributed by atoms with Gasteiger partial charge in [0.15, 0.2) is 11.6 Å². The van der Waals surface area contributed by atoms with Crippen LogP contribution in [0.1, 0.15) is 69.2 Å². The molecule has 0 aromatic rings. The van der Waals surface area contributed by atoms with Crippen LogP contribution in [0.4, 0.5) is 0 Å². The monoisotopic (exact) mass is 388 g/mol. The van der Waals surface area contributed by atoms with Crippen LogP contribution in [0.3, 0.4) is 0 Å². The van der Waals surface area contributed by atoms with Crippen molar-refractivity contribution in [1.82, 2.24) is 0 Å². The highest BCUT2D eigenvalue weighted by Crippen LogP contribution is 2.68. The first-order valence-corrected chi connectivity index (χ1v) is 10.3. The van der Waals surface area contributed by atoms with E-state index in [9.17, 15) is 19.8 Å². The predicted molar refractivity (Wildman–Crippen MR) is 110 cm³/mol. The van der Waals surface area contributed by atoms with Gasteiger partial charge in [-0.2, -0.15) is 0 Å². The molecule has 0 radical (unpaired) electrons. The average molecular weight is 389 g/mol. The van der Waals surface area contributed by atoms with Gasteiger partial charge in [0.1, 0.15) is 11.2 Å². The van der Waals surface area contributed by atoms with E-state index in [-0.39, 0.29) is 28.3 Å². The van der Waals surface area contributed by atoms with Crippen molar-refractivity contribution in [1.29, 1.82) is 0 Å². The van der Waals surface area contributed by atoms with Crippen LogP contribution >= 0.6 is 0 Å². The minimum atomic E-state index is -1.62. The number of carbonyl (C=O) groups excluding carboxylic acids is 2. The quantitative estimate of drug-likeness (QED) is 0.618. The smallest absolute Gasteiger partial charge is 0.190 e. The first-order valence-electron chi connectivity index (χ1n) is 10.3. The fraction of sp³-hybridized carbons (Fsp3) is 0.750. The lowest BCUT2D eigenvalue weighted by molar-refractivity contribution is -0.191. The van der Waals surface area contributed by atoms with E-state index in [0.29, 0.717) is 5.57 Å². The molecule has 0 aromatic carbocycles. The van der Waals surface area contributed by atoms with Crippen LogP contribution in [-0.2, 0) is 9.59 Å². The van der Waals surface area contributed by atoms with Gasteiger partial charge in [-0.3, -0.25) is 9.59 Å². The molecule has 28 heavy (non-hydrogen) atoms. The van der Waals surface area contributed by atoms with Gasteiger partial charge in [0.25, 0.3) is 0 Å². The summed E-state index contributed by atoms with van der Waals surface area (Å²) in [6, 6.07) is 0. The topological polar surface area (TPSA) is 74.6 Å². The van der Waals surface area contributed by atoms with E-state index in [0.717, 1.165) is 11.1 Å². The Hall–Kier alpha value is -1.26. The van der Waals surface area contributed by atoms with E-state index in [1.807, 2.05) is 13.0 Å². The lowest BCUT2D eigenvalue weighted by Crippen LogP contribution is -2.73. The number of carbonyl (C=O) groups is 2. The Kier molecular flexibility index (Phi) is 4.18. The highest BCUT2D eigenvalue weighted by Gasteiger charge is 2.72. The summed E-state index contributed by atoms with van der Waals surface area (Å²) in [6.45, 7) is 19.2. The van der Waals surface area contributed by atoms with Crippen molar-refractivity contribution in [3.8, 4) is 0 Å². The van der Waals surface area contributed by atoms with E-state index >= 15 is 0 Å². The molecule has 4 heteroatoms. The average Bonchev–Trinajstić information content (AvgIpc) is 2.49. The second-order valence-corrected chi connectivity index (χ2v) is 11.8. The van der Waals surface area contributed by atoms with Crippen LogP contribution in [0.5, 0.6) is 0 Å². The predicted octanol–water partition coefficient (Wildman–Crippen LogP) is 3.86. The Morgan fingerprint density at radius 1 is 0.893 bits per heavy atom. The molecule has 6 atom stereocenters. The van der Waals surface area contributed by atoms with Crippen molar-refractivity contribution in [2.75, 3.05) is 0 Å². The van der Waals surface area contributed by atoms with Crippen molar-refractivity contribution < 1.29 is 19.8 Å². The number of hydrogen-bond acceptors (Lipinski definition) is 4. The number of rotatable bonds is 0. The lowest BCUT2D eigenvalue weighted by atomic mass is 9.38. The van der Waals surface area contributed by atoms with Crippen LogP contribution < -0.4 is 0 Å². The van der Waals surface area contributed by atoms with Crippen LogP contribution in [0.15, 0.2) is 22.8 Å². The maximum Gasteiger partial charge on any atom is 0.190 e. The van der Waals surface area contributed by atoms with Crippen molar-refractivity contribution >= 4 is 11.6 Å². The first kappa shape index (κ1) is 21.4. The number of Topliss-reactive ketones (excluding diaryl/α,β-unsaturated/α-hetero) is 2. The zero-order valence-corrected chi connectivity index (χ0v) is 19.0. The van der Waals surface area contributed by atoms with E-state index < -0.39 is 28.5 Å². The second kappa shape index (κ2) is 5.46. The number of hydrogen-bond donors (Lipinski definition) is 2. The van der Waals surface area contributed by atoms with Crippen molar-refractivity contribution in [2.24, 2.45) is 34.0 Å². The van der Waals surface area contributed by atoms with Gasteiger partial charge in [-0.15, -0.1) is 0 Å². The Bertz CT molecular complexity index is 826. The van der Waals surface area contributed by atoms with Crippen molar-refractivity contribution in [2.45, 2.75) is 80.4 Å². The second-order valence-electron chi connectivity index (χ2n) is 11.8. The number of aliphatic hydroxyl groups is 2. The third-order valence-corrected chi connectivity index (χ3v) is 7.63. The van der Waals surface area contributed by atoms with Crippen molar-refractivity contribution in [3.63, 3.8) is 0 Å². The number of ketones is 2. The Labute approximate surface area is 169 Å². The molecule has 4 rings (SSSR count). The summed E-state index contributed by atoms with van der Waals surface area (Å²) in [5.74, 6) is -1.95. The minimum absolute atomic E-state index is 0.196. The fourth-order valence-electron chi connectivity index (χ4n) is 6.73. The minimum Gasteiger partial charge on any atom is -0.382 e. The molecule has 0 amide bonds. The van der Waals surface area contributed by atoms with E-state index in [2.05, 4.69) is 41.5 Å². The Morgan fingerprint density at radius 3 is 1.82 bits per heavy atom. The SMILES string of the molecule is CC1=C(C(C)(C)C)C2C(C3C=C(C(C)(C)C)C2(C)C(=O)C3(C)O)C(C)(O)C1=O. The summed E-state index contributed by atoms with van der Waals surface area (Å²) in [4.78, 5) is 26.9. The summed E-state index contributed by atoms with van der Waals surface area (Å²) in [5, 5.41) is 22.7. The Morgan fingerprint density at radius 2 is 1.39 bits per heavy atom. The Balaban J connectivity index is 2.47. The van der Waals surface area contributed by atoms with Gasteiger partial charge in [-0.1, -0.05) is 58.8 Å². The highest BCUT2D eigenvalue weighted by atomic mass is 16.3. The molecule has 1 saturated carbocycles. The maximum atomic E-state index is 13.7. The summed E-state index contributed by atoms with van der Waals surface area (Å²) in [7, 11) is 0. The van der Waals surface area contributed by atoms with E-state index in [1.54, 1.807) is 20.8 Å². The fourth-order valence-corrected chi connectivity index (χ4v) is 6.73. The van der Waals surface area contributed by atoms with Crippen molar-refractivity contribution in [3.05, 3.63) is 22.8 Å². The molecule has 156 valence electrons. The van der Waals surface area contributed by atoms with Crippen LogP contribution in [0.25, 0.3) is 0 Å². The summed E-state index contributed by atoms with van der Waals surface area (Å²) in [5.41, 5.74) is -2.31. The van der Waals surface area contributed by atoms with Crippen LogP contribution in [0.2, 0.25) is 0 Å². The first-order chi connectivity index (χ1) is 12.3. The molecular weight excluding hydrogens is 352 g/mol.